The first-order valence-electron chi connectivity index (χ1n) is 3.81. The van der Waals surface area contributed by atoms with Crippen molar-refractivity contribution in [2.45, 2.75) is 12.2 Å². The molecule has 0 spiro atoms. The summed E-state index contributed by atoms with van der Waals surface area (Å²) in [5, 5.41) is 11.2. The van der Waals surface area contributed by atoms with E-state index in [0.29, 0.717) is 0 Å². The van der Waals surface area contributed by atoms with Crippen LogP contribution in [-0.4, -0.2) is 28.1 Å². The Morgan fingerprint density at radius 1 is 1.50 bits per heavy atom. The standard InChI is InChI=1S/C7H5F3N2O3S/c8-7(9,10)6(15)12-4(5(13)14)3-1-16-2-11-3/h1-2,4H,(H,12,15)(H,13,14). The molecule has 0 bridgehead atoms. The van der Waals surface area contributed by atoms with Gasteiger partial charge in [-0.1, -0.05) is 0 Å². The van der Waals surface area contributed by atoms with Crippen LogP contribution in [0.4, 0.5) is 13.2 Å². The van der Waals surface area contributed by atoms with Gasteiger partial charge in [-0.15, -0.1) is 11.3 Å². The molecule has 88 valence electrons. The lowest BCUT2D eigenvalue weighted by Gasteiger charge is -2.13. The highest BCUT2D eigenvalue weighted by atomic mass is 32.1. The Hall–Kier alpha value is -1.64. The molecular formula is C7H5F3N2O3S. The van der Waals surface area contributed by atoms with Gasteiger partial charge in [0.2, 0.25) is 0 Å². The summed E-state index contributed by atoms with van der Waals surface area (Å²) in [5.74, 6) is -3.92. The first-order valence-corrected chi connectivity index (χ1v) is 4.75. The van der Waals surface area contributed by atoms with Crippen LogP contribution in [0.3, 0.4) is 0 Å². The van der Waals surface area contributed by atoms with Crippen molar-refractivity contribution in [1.82, 2.24) is 10.3 Å². The van der Waals surface area contributed by atoms with Crippen LogP contribution in [0.5, 0.6) is 0 Å². The predicted octanol–water partition coefficient (Wildman–Crippen LogP) is 0.947. The SMILES string of the molecule is O=C(O)C(NC(=O)C(F)(F)F)c1cscn1. The minimum atomic E-state index is -5.12. The Kier molecular flexibility index (Phi) is 3.48. The van der Waals surface area contributed by atoms with E-state index in [-0.39, 0.29) is 5.69 Å². The highest BCUT2D eigenvalue weighted by Crippen LogP contribution is 2.19. The van der Waals surface area contributed by atoms with Gasteiger partial charge in [0.25, 0.3) is 0 Å². The summed E-state index contributed by atoms with van der Waals surface area (Å²) in [4.78, 5) is 24.7. The zero-order chi connectivity index (χ0) is 12.3. The summed E-state index contributed by atoms with van der Waals surface area (Å²) in [6.45, 7) is 0. The van der Waals surface area contributed by atoms with Crippen molar-refractivity contribution in [2.24, 2.45) is 0 Å². The van der Waals surface area contributed by atoms with Crippen LogP contribution in [0.1, 0.15) is 11.7 Å². The van der Waals surface area contributed by atoms with E-state index in [9.17, 15) is 22.8 Å². The zero-order valence-corrected chi connectivity index (χ0v) is 8.30. The number of carboxylic acid groups (broad SMARTS) is 1. The fourth-order valence-corrected chi connectivity index (χ4v) is 1.42. The van der Waals surface area contributed by atoms with E-state index >= 15 is 0 Å². The lowest BCUT2D eigenvalue weighted by Crippen LogP contribution is -2.42. The summed E-state index contributed by atoms with van der Waals surface area (Å²) >= 11 is 1.01. The number of rotatable bonds is 3. The fourth-order valence-electron chi connectivity index (χ4n) is 0.840. The molecule has 9 heteroatoms. The number of amides is 1. The molecular weight excluding hydrogens is 249 g/mol. The molecule has 0 aliphatic carbocycles. The van der Waals surface area contributed by atoms with Crippen LogP contribution in [0.2, 0.25) is 0 Å². The molecule has 16 heavy (non-hydrogen) atoms. The molecule has 0 aliphatic rings. The van der Waals surface area contributed by atoms with E-state index in [1.54, 1.807) is 0 Å². The van der Waals surface area contributed by atoms with Gasteiger partial charge in [0.15, 0.2) is 6.04 Å². The number of aromatic nitrogens is 1. The van der Waals surface area contributed by atoms with E-state index < -0.39 is 24.1 Å². The van der Waals surface area contributed by atoms with Crippen molar-refractivity contribution >= 4 is 23.2 Å². The molecule has 0 aliphatic heterocycles. The minimum Gasteiger partial charge on any atom is -0.479 e. The Balaban J connectivity index is 2.83. The summed E-state index contributed by atoms with van der Waals surface area (Å²) in [5.41, 5.74) is 1.11. The lowest BCUT2D eigenvalue weighted by molar-refractivity contribution is -0.175. The number of halogens is 3. The highest BCUT2D eigenvalue weighted by Gasteiger charge is 2.41. The number of carbonyl (C=O) groups excluding carboxylic acids is 1. The molecule has 0 saturated heterocycles. The van der Waals surface area contributed by atoms with Crippen molar-refractivity contribution in [3.05, 3.63) is 16.6 Å². The second-order valence-electron chi connectivity index (χ2n) is 2.66. The second-order valence-corrected chi connectivity index (χ2v) is 3.37. The predicted molar refractivity (Wildman–Crippen MR) is 46.7 cm³/mol. The molecule has 0 aromatic carbocycles. The molecule has 1 atom stereocenters. The van der Waals surface area contributed by atoms with Gasteiger partial charge in [-0.2, -0.15) is 13.2 Å². The van der Waals surface area contributed by atoms with E-state index in [0.717, 1.165) is 11.3 Å². The molecule has 0 radical (unpaired) electrons. The Labute approximate surface area is 90.9 Å². The Morgan fingerprint density at radius 2 is 2.12 bits per heavy atom. The Bertz CT molecular complexity index is 390. The molecule has 1 rings (SSSR count). The molecule has 1 heterocycles. The Morgan fingerprint density at radius 3 is 2.50 bits per heavy atom. The van der Waals surface area contributed by atoms with E-state index in [4.69, 9.17) is 5.11 Å². The number of carboxylic acids is 1. The van der Waals surface area contributed by atoms with Crippen LogP contribution in [0.15, 0.2) is 10.9 Å². The van der Waals surface area contributed by atoms with Crippen LogP contribution in [0, 0.1) is 0 Å². The van der Waals surface area contributed by atoms with Crippen molar-refractivity contribution in [2.75, 3.05) is 0 Å². The van der Waals surface area contributed by atoms with Gasteiger partial charge in [0.05, 0.1) is 11.2 Å². The van der Waals surface area contributed by atoms with Crippen molar-refractivity contribution in [3.63, 3.8) is 0 Å². The highest BCUT2D eigenvalue weighted by molar-refractivity contribution is 7.07. The third-order valence-corrected chi connectivity index (χ3v) is 2.13. The summed E-state index contributed by atoms with van der Waals surface area (Å²) in [7, 11) is 0. The maximum atomic E-state index is 11.9. The van der Waals surface area contributed by atoms with Crippen LogP contribution in [0.25, 0.3) is 0 Å². The van der Waals surface area contributed by atoms with Gasteiger partial charge in [0, 0.05) is 5.38 Å². The number of hydrogen-bond acceptors (Lipinski definition) is 4. The summed E-state index contributed by atoms with van der Waals surface area (Å²) < 4.78 is 35.7. The number of nitrogens with zero attached hydrogens (tertiary/aromatic N) is 1. The first kappa shape index (κ1) is 12.4. The van der Waals surface area contributed by atoms with Gasteiger partial charge < -0.3 is 10.4 Å². The van der Waals surface area contributed by atoms with Crippen molar-refractivity contribution < 1.29 is 27.9 Å². The van der Waals surface area contributed by atoms with Gasteiger partial charge >= 0.3 is 18.1 Å². The summed E-state index contributed by atoms with van der Waals surface area (Å²) in [6, 6.07) is -1.79. The molecule has 1 amide bonds. The van der Waals surface area contributed by atoms with Gasteiger partial charge in [-0.3, -0.25) is 4.79 Å². The largest absolute Gasteiger partial charge is 0.479 e. The monoisotopic (exact) mass is 254 g/mol. The van der Waals surface area contributed by atoms with Crippen molar-refractivity contribution in [3.8, 4) is 0 Å². The molecule has 0 saturated carbocycles. The number of aliphatic carboxylic acids is 1. The van der Waals surface area contributed by atoms with Crippen LogP contribution < -0.4 is 5.32 Å². The van der Waals surface area contributed by atoms with Crippen molar-refractivity contribution in [1.29, 1.82) is 0 Å². The van der Waals surface area contributed by atoms with E-state index in [1.165, 1.54) is 16.2 Å². The molecule has 0 fully saturated rings. The second kappa shape index (κ2) is 4.47. The summed E-state index contributed by atoms with van der Waals surface area (Å²) in [6.07, 6.45) is -5.12. The normalized spacial score (nSPS) is 13.2. The fraction of sp³-hybridized carbons (Fsp3) is 0.286. The number of alkyl halides is 3. The molecule has 1 aromatic rings. The number of nitrogens with one attached hydrogen (secondary N) is 1. The van der Waals surface area contributed by atoms with Gasteiger partial charge in [0.1, 0.15) is 0 Å². The lowest BCUT2D eigenvalue weighted by atomic mass is 10.2. The zero-order valence-electron chi connectivity index (χ0n) is 7.49. The molecule has 1 unspecified atom stereocenters. The number of thiazole rings is 1. The number of carbonyl (C=O) groups is 2. The van der Waals surface area contributed by atoms with Crippen LogP contribution in [-0.2, 0) is 9.59 Å². The third-order valence-electron chi connectivity index (χ3n) is 1.53. The maximum Gasteiger partial charge on any atom is 0.471 e. The average molecular weight is 254 g/mol. The van der Waals surface area contributed by atoms with Gasteiger partial charge in [-0.05, 0) is 0 Å². The third kappa shape index (κ3) is 2.92. The topological polar surface area (TPSA) is 79.3 Å². The minimum absolute atomic E-state index is 0.143. The van der Waals surface area contributed by atoms with Crippen LogP contribution >= 0.6 is 11.3 Å². The molecule has 5 nitrogen and oxygen atoms in total. The van der Waals surface area contributed by atoms with E-state index in [2.05, 4.69) is 4.98 Å². The molecule has 1 aromatic heterocycles. The smallest absolute Gasteiger partial charge is 0.471 e. The maximum absolute atomic E-state index is 11.9. The quantitative estimate of drug-likeness (QED) is 0.841. The first-order chi connectivity index (χ1) is 7.32. The van der Waals surface area contributed by atoms with Gasteiger partial charge in [-0.25, -0.2) is 9.78 Å². The molecule has 2 N–H and O–H groups in total. The average Bonchev–Trinajstić information content (AvgIpc) is 2.63. The number of hydrogen-bond donors (Lipinski definition) is 2. The van der Waals surface area contributed by atoms with E-state index in [1.807, 2.05) is 0 Å².